The van der Waals surface area contributed by atoms with E-state index < -0.39 is 0 Å². The average molecular weight is 314 g/mol. The smallest absolute Gasteiger partial charge is 0.226 e. The predicted molar refractivity (Wildman–Crippen MR) is 71.8 cm³/mol. The van der Waals surface area contributed by atoms with E-state index in [1.165, 1.54) is 0 Å². The molecular weight excluding hydrogens is 302 g/mol. The number of rotatable bonds is 4. The van der Waals surface area contributed by atoms with Crippen LogP contribution in [0.15, 0.2) is 32.1 Å². The lowest BCUT2D eigenvalue weighted by Crippen LogP contribution is -1.90. The predicted octanol–water partition coefficient (Wildman–Crippen LogP) is 3.27. The molecule has 2 rings (SSSR count). The third kappa shape index (κ3) is 3.23. The Kier molecular flexibility index (Phi) is 4.06. The summed E-state index contributed by atoms with van der Waals surface area (Å²) in [7, 11) is 0. The van der Waals surface area contributed by atoms with Gasteiger partial charge in [-0.2, -0.15) is 4.98 Å². The second-order valence-electron chi connectivity index (χ2n) is 3.43. The number of nitrogen functional groups attached to an aromatic ring is 1. The highest BCUT2D eigenvalue weighted by molar-refractivity contribution is 9.10. The maximum absolute atomic E-state index is 5.88. The lowest BCUT2D eigenvalue weighted by Gasteiger charge is -2.03. The van der Waals surface area contributed by atoms with Gasteiger partial charge < -0.3 is 10.3 Å². The number of hydrogen-bond acceptors (Lipinski definition) is 5. The first-order valence-corrected chi connectivity index (χ1v) is 6.96. The number of anilines is 1. The Bertz CT molecular complexity index is 515. The van der Waals surface area contributed by atoms with Gasteiger partial charge in [0.2, 0.25) is 5.89 Å². The fraction of sp³-hybridized carbons (Fsp3) is 0.273. The van der Waals surface area contributed by atoms with Crippen LogP contribution in [0.5, 0.6) is 0 Å². The molecule has 2 N–H and O–H groups in total. The molecule has 1 aromatic carbocycles. The Morgan fingerprint density at radius 2 is 2.29 bits per heavy atom. The fourth-order valence-electron chi connectivity index (χ4n) is 1.27. The highest BCUT2D eigenvalue weighted by atomic mass is 79.9. The summed E-state index contributed by atoms with van der Waals surface area (Å²) in [6, 6.07) is 5.78. The molecule has 6 heteroatoms. The largest absolute Gasteiger partial charge is 0.398 e. The van der Waals surface area contributed by atoms with E-state index in [0.717, 1.165) is 21.5 Å². The van der Waals surface area contributed by atoms with E-state index in [2.05, 4.69) is 26.1 Å². The van der Waals surface area contributed by atoms with E-state index in [9.17, 15) is 0 Å². The minimum atomic E-state index is 0.657. The van der Waals surface area contributed by atoms with Gasteiger partial charge in [-0.05, 0) is 18.2 Å². The van der Waals surface area contributed by atoms with Crippen LogP contribution in [0, 0.1) is 0 Å². The number of aromatic nitrogens is 2. The summed E-state index contributed by atoms with van der Waals surface area (Å²) < 4.78 is 6.05. The van der Waals surface area contributed by atoms with Crippen molar-refractivity contribution in [3.63, 3.8) is 0 Å². The number of hydrogen-bond donors (Lipinski definition) is 1. The summed E-state index contributed by atoms with van der Waals surface area (Å²) >= 11 is 5.02. The Morgan fingerprint density at radius 1 is 1.47 bits per heavy atom. The molecule has 0 radical (unpaired) electrons. The Hall–Kier alpha value is -1.01. The van der Waals surface area contributed by atoms with Crippen LogP contribution in [0.25, 0.3) is 0 Å². The number of thioether (sulfide) groups is 1. The molecule has 1 aromatic heterocycles. The minimum absolute atomic E-state index is 0.657. The van der Waals surface area contributed by atoms with Crippen LogP contribution in [0.4, 0.5) is 5.69 Å². The monoisotopic (exact) mass is 313 g/mol. The topological polar surface area (TPSA) is 64.9 Å². The Morgan fingerprint density at radius 3 is 3.00 bits per heavy atom. The molecule has 90 valence electrons. The molecule has 0 bridgehead atoms. The van der Waals surface area contributed by atoms with Gasteiger partial charge in [0, 0.05) is 21.5 Å². The average Bonchev–Trinajstić information content (AvgIpc) is 2.78. The van der Waals surface area contributed by atoms with Crippen LogP contribution in [0.2, 0.25) is 0 Å². The van der Waals surface area contributed by atoms with Crippen molar-refractivity contribution in [2.24, 2.45) is 0 Å². The van der Waals surface area contributed by atoms with Gasteiger partial charge in [0.25, 0.3) is 0 Å². The number of aryl methyl sites for hydroxylation is 1. The molecule has 4 nitrogen and oxygen atoms in total. The fourth-order valence-corrected chi connectivity index (χ4v) is 2.63. The molecular formula is C11H12BrN3OS. The first-order valence-electron chi connectivity index (χ1n) is 5.18. The Balaban J connectivity index is 2.04. The van der Waals surface area contributed by atoms with E-state index >= 15 is 0 Å². The molecule has 0 atom stereocenters. The van der Waals surface area contributed by atoms with Crippen molar-refractivity contribution < 1.29 is 4.52 Å². The van der Waals surface area contributed by atoms with Gasteiger partial charge in [0.05, 0.1) is 5.75 Å². The highest BCUT2D eigenvalue weighted by Gasteiger charge is 2.07. The number of nitrogens with zero attached hydrogens (tertiary/aromatic N) is 2. The van der Waals surface area contributed by atoms with Crippen molar-refractivity contribution in [2.45, 2.75) is 24.0 Å². The third-order valence-corrected chi connectivity index (χ3v) is 3.71. The molecule has 0 fully saturated rings. The summed E-state index contributed by atoms with van der Waals surface area (Å²) in [5, 5.41) is 3.89. The maximum atomic E-state index is 5.88. The van der Waals surface area contributed by atoms with Crippen molar-refractivity contribution >= 4 is 33.4 Å². The van der Waals surface area contributed by atoms with Crippen LogP contribution >= 0.6 is 27.7 Å². The van der Waals surface area contributed by atoms with Gasteiger partial charge in [0.15, 0.2) is 5.82 Å². The summed E-state index contributed by atoms with van der Waals surface area (Å²) in [5.41, 5.74) is 6.64. The van der Waals surface area contributed by atoms with Crippen molar-refractivity contribution in [3.05, 3.63) is 34.4 Å². The van der Waals surface area contributed by atoms with Crippen molar-refractivity contribution in [1.82, 2.24) is 10.1 Å². The first kappa shape index (κ1) is 12.4. The third-order valence-electron chi connectivity index (χ3n) is 2.14. The molecule has 1 heterocycles. The Labute approximate surface area is 112 Å². The molecule has 0 aliphatic heterocycles. The zero-order valence-corrected chi connectivity index (χ0v) is 11.7. The lowest BCUT2D eigenvalue weighted by molar-refractivity contribution is 0.378. The van der Waals surface area contributed by atoms with Gasteiger partial charge in [-0.25, -0.2) is 0 Å². The van der Waals surface area contributed by atoms with Gasteiger partial charge in [-0.3, -0.25) is 0 Å². The first-order chi connectivity index (χ1) is 8.19. The quantitative estimate of drug-likeness (QED) is 0.693. The summed E-state index contributed by atoms with van der Waals surface area (Å²) in [4.78, 5) is 5.26. The van der Waals surface area contributed by atoms with Crippen molar-refractivity contribution in [2.75, 3.05) is 5.73 Å². The molecule has 0 aliphatic rings. The molecule has 0 saturated carbocycles. The molecule has 2 aromatic rings. The number of nitrogens with two attached hydrogens (primary N) is 1. The molecule has 0 unspecified atom stereocenters. The van der Waals surface area contributed by atoms with Gasteiger partial charge in [-0.1, -0.05) is 28.0 Å². The van der Waals surface area contributed by atoms with Gasteiger partial charge in [0.1, 0.15) is 0 Å². The molecule has 0 aliphatic carbocycles. The number of halogens is 1. The van der Waals surface area contributed by atoms with Crippen LogP contribution in [-0.4, -0.2) is 10.1 Å². The molecule has 0 saturated heterocycles. The van der Waals surface area contributed by atoms with Crippen LogP contribution < -0.4 is 5.73 Å². The molecule has 0 spiro atoms. The zero-order valence-electron chi connectivity index (χ0n) is 9.31. The van der Waals surface area contributed by atoms with Crippen LogP contribution in [0.1, 0.15) is 18.6 Å². The lowest BCUT2D eigenvalue weighted by atomic mass is 10.3. The van der Waals surface area contributed by atoms with E-state index in [4.69, 9.17) is 10.3 Å². The van der Waals surface area contributed by atoms with Gasteiger partial charge in [-0.15, -0.1) is 11.8 Å². The summed E-state index contributed by atoms with van der Waals surface area (Å²) in [6.07, 6.45) is 0.761. The molecule has 0 amide bonds. The zero-order chi connectivity index (χ0) is 12.3. The minimum Gasteiger partial charge on any atom is -0.398 e. The van der Waals surface area contributed by atoms with E-state index in [-0.39, 0.29) is 0 Å². The van der Waals surface area contributed by atoms with E-state index in [1.54, 1.807) is 11.8 Å². The van der Waals surface area contributed by atoms with Crippen LogP contribution in [-0.2, 0) is 12.2 Å². The van der Waals surface area contributed by atoms with Gasteiger partial charge >= 0.3 is 0 Å². The molecule has 17 heavy (non-hydrogen) atoms. The number of benzene rings is 1. The standard InChI is InChI=1S/C11H12BrN3OS/c1-2-11-14-10(15-16-11)6-17-9-5-7(12)3-4-8(9)13/h3-5H,2,6,13H2,1H3. The van der Waals surface area contributed by atoms with E-state index in [1.807, 2.05) is 25.1 Å². The van der Waals surface area contributed by atoms with Crippen molar-refractivity contribution in [1.29, 1.82) is 0 Å². The van der Waals surface area contributed by atoms with Crippen LogP contribution in [0.3, 0.4) is 0 Å². The van der Waals surface area contributed by atoms with E-state index in [0.29, 0.717) is 17.5 Å². The normalized spacial score (nSPS) is 10.7. The second-order valence-corrected chi connectivity index (χ2v) is 5.36. The SMILES string of the molecule is CCc1nc(CSc2cc(Br)ccc2N)no1. The second kappa shape index (κ2) is 5.55. The summed E-state index contributed by atoms with van der Waals surface area (Å²) in [5.74, 6) is 2.03. The highest BCUT2D eigenvalue weighted by Crippen LogP contribution is 2.30. The summed E-state index contributed by atoms with van der Waals surface area (Å²) in [6.45, 7) is 1.98. The maximum Gasteiger partial charge on any atom is 0.226 e. The van der Waals surface area contributed by atoms with Crippen molar-refractivity contribution in [3.8, 4) is 0 Å².